The number of fused-ring (bicyclic) bond motifs is 2. The van der Waals surface area contributed by atoms with Crippen molar-refractivity contribution in [3.05, 3.63) is 75.7 Å². The molecule has 2 aliphatic rings. The van der Waals surface area contributed by atoms with Crippen LogP contribution in [0.4, 0.5) is 0 Å². The van der Waals surface area contributed by atoms with Gasteiger partial charge in [-0.3, -0.25) is 14.7 Å². The molecule has 6 rings (SSSR count). The highest BCUT2D eigenvalue weighted by molar-refractivity contribution is 6.35. The molecule has 0 atom stereocenters. The Morgan fingerprint density at radius 3 is 2.62 bits per heavy atom. The van der Waals surface area contributed by atoms with E-state index in [0.29, 0.717) is 47.9 Å². The lowest BCUT2D eigenvalue weighted by atomic mass is 10.0. The molecule has 1 aromatic carbocycles. The van der Waals surface area contributed by atoms with Crippen molar-refractivity contribution in [2.24, 2.45) is 0 Å². The molecule has 37 heavy (non-hydrogen) atoms. The number of carbonyl (C=O) groups is 3. The van der Waals surface area contributed by atoms with Gasteiger partial charge in [-0.05, 0) is 31.0 Å². The largest absolute Gasteiger partial charge is 0.478 e. The second-order valence-corrected chi connectivity index (χ2v) is 9.79. The van der Waals surface area contributed by atoms with Gasteiger partial charge in [0.1, 0.15) is 11.2 Å². The lowest BCUT2D eigenvalue weighted by Crippen LogP contribution is -2.40. The predicted octanol–water partition coefficient (Wildman–Crippen LogP) is 2.99. The zero-order chi connectivity index (χ0) is 25.9. The van der Waals surface area contributed by atoms with Gasteiger partial charge < -0.3 is 19.9 Å². The molecule has 3 aromatic heterocycles. The van der Waals surface area contributed by atoms with E-state index >= 15 is 0 Å². The number of aromatic carboxylic acids is 1. The topological polar surface area (TPSA) is 148 Å². The molecule has 0 unspecified atom stereocenters. The summed E-state index contributed by atoms with van der Waals surface area (Å²) >= 11 is 6.27. The normalized spacial score (nSPS) is 15.9. The van der Waals surface area contributed by atoms with Gasteiger partial charge in [-0.25, -0.2) is 14.8 Å². The Labute approximate surface area is 215 Å². The number of carboxylic acid groups (broad SMARTS) is 1. The minimum absolute atomic E-state index is 0.0168. The fourth-order valence-electron chi connectivity index (χ4n) is 4.91. The van der Waals surface area contributed by atoms with Crippen molar-refractivity contribution in [1.29, 1.82) is 0 Å². The standard InChI is InChI=1S/C25H22ClN7O4/c1-32(25(6-7-25)24-27-10-13(11-28-24)23(36)37)22(35)20-15-12-33(8-5-18(15)30-31-20)21(34)19-9-14-16(26)3-2-4-17(14)29-19/h2-4,9-11,29H,5-8,12H2,1H3,(H,30,31)(H,36,37). The lowest BCUT2D eigenvalue weighted by Gasteiger charge is -2.29. The van der Waals surface area contributed by atoms with Crippen LogP contribution in [0.1, 0.15) is 61.3 Å². The van der Waals surface area contributed by atoms with Crippen molar-refractivity contribution >= 4 is 40.3 Å². The number of rotatable bonds is 5. The van der Waals surface area contributed by atoms with Crippen molar-refractivity contribution in [2.45, 2.75) is 31.3 Å². The second kappa shape index (κ2) is 8.41. The molecule has 2 amide bonds. The number of hydrogen-bond acceptors (Lipinski definition) is 6. The van der Waals surface area contributed by atoms with Crippen LogP contribution in [0.3, 0.4) is 0 Å². The van der Waals surface area contributed by atoms with Crippen LogP contribution in [-0.2, 0) is 18.5 Å². The Morgan fingerprint density at radius 1 is 1.19 bits per heavy atom. The van der Waals surface area contributed by atoms with Crippen LogP contribution in [0.15, 0.2) is 36.7 Å². The van der Waals surface area contributed by atoms with Crippen LogP contribution in [0, 0.1) is 0 Å². The van der Waals surface area contributed by atoms with Gasteiger partial charge in [-0.1, -0.05) is 17.7 Å². The van der Waals surface area contributed by atoms with E-state index in [1.807, 2.05) is 12.1 Å². The molecule has 0 saturated heterocycles. The third-order valence-corrected chi connectivity index (χ3v) is 7.58. The summed E-state index contributed by atoms with van der Waals surface area (Å²) < 4.78 is 0. The van der Waals surface area contributed by atoms with Gasteiger partial charge in [0.25, 0.3) is 11.8 Å². The van der Waals surface area contributed by atoms with Crippen molar-refractivity contribution < 1.29 is 19.5 Å². The summed E-state index contributed by atoms with van der Waals surface area (Å²) in [5, 5.41) is 17.7. The summed E-state index contributed by atoms with van der Waals surface area (Å²) in [5.74, 6) is -1.21. The van der Waals surface area contributed by atoms with Crippen molar-refractivity contribution in [2.75, 3.05) is 13.6 Å². The molecule has 0 spiro atoms. The number of carboxylic acids is 1. The monoisotopic (exact) mass is 519 g/mol. The van der Waals surface area contributed by atoms with Gasteiger partial charge >= 0.3 is 5.97 Å². The predicted molar refractivity (Wildman–Crippen MR) is 132 cm³/mol. The van der Waals surface area contributed by atoms with Gasteiger partial charge in [-0.2, -0.15) is 5.10 Å². The molecular formula is C25H22ClN7O4. The first-order valence-electron chi connectivity index (χ1n) is 11.7. The van der Waals surface area contributed by atoms with Gasteiger partial charge in [0.2, 0.25) is 0 Å². The van der Waals surface area contributed by atoms with Crippen LogP contribution >= 0.6 is 11.6 Å². The zero-order valence-corrected chi connectivity index (χ0v) is 20.5. The van der Waals surface area contributed by atoms with Crippen LogP contribution in [0.5, 0.6) is 0 Å². The maximum atomic E-state index is 13.6. The van der Waals surface area contributed by atoms with Crippen LogP contribution in [0.2, 0.25) is 5.02 Å². The summed E-state index contributed by atoms with van der Waals surface area (Å²) in [6, 6.07) is 7.21. The fraction of sp³-hybridized carbons (Fsp3) is 0.280. The van der Waals surface area contributed by atoms with Crippen LogP contribution < -0.4 is 0 Å². The van der Waals surface area contributed by atoms with Gasteiger partial charge in [0.15, 0.2) is 11.5 Å². The van der Waals surface area contributed by atoms with Crippen LogP contribution in [0.25, 0.3) is 10.9 Å². The molecule has 4 heterocycles. The van der Waals surface area contributed by atoms with E-state index in [1.165, 1.54) is 12.4 Å². The number of nitrogens with one attached hydrogen (secondary N) is 2. The first kappa shape index (κ1) is 23.2. The average molecular weight is 520 g/mol. The molecule has 1 aliphatic carbocycles. The van der Waals surface area contributed by atoms with Gasteiger partial charge in [0.05, 0.1) is 12.1 Å². The number of nitrogens with zero attached hydrogens (tertiary/aromatic N) is 5. The van der Waals surface area contributed by atoms with Crippen LogP contribution in [-0.4, -0.2) is 71.4 Å². The van der Waals surface area contributed by atoms with Gasteiger partial charge in [0, 0.05) is 59.6 Å². The van der Waals surface area contributed by atoms with E-state index in [1.54, 1.807) is 29.0 Å². The van der Waals surface area contributed by atoms with Crippen molar-refractivity contribution in [3.8, 4) is 0 Å². The molecule has 188 valence electrons. The minimum atomic E-state index is -1.11. The van der Waals surface area contributed by atoms with E-state index in [0.717, 1.165) is 16.6 Å². The number of hydrogen-bond donors (Lipinski definition) is 3. The number of halogens is 1. The van der Waals surface area contributed by atoms with E-state index in [9.17, 15) is 14.4 Å². The van der Waals surface area contributed by atoms with E-state index in [4.69, 9.17) is 16.7 Å². The summed E-state index contributed by atoms with van der Waals surface area (Å²) in [4.78, 5) is 52.9. The number of H-pyrrole nitrogens is 2. The van der Waals surface area contributed by atoms with E-state index in [2.05, 4.69) is 25.1 Å². The minimum Gasteiger partial charge on any atom is -0.478 e. The Balaban J connectivity index is 1.24. The number of carbonyl (C=O) groups excluding carboxylic acids is 2. The smallest absolute Gasteiger partial charge is 0.338 e. The number of amides is 2. The summed E-state index contributed by atoms with van der Waals surface area (Å²) in [5.41, 5.74) is 2.24. The quantitative estimate of drug-likeness (QED) is 0.367. The molecule has 1 saturated carbocycles. The summed E-state index contributed by atoms with van der Waals surface area (Å²) in [6.45, 7) is 0.716. The molecule has 1 fully saturated rings. The maximum absolute atomic E-state index is 13.6. The van der Waals surface area contributed by atoms with Crippen molar-refractivity contribution in [1.82, 2.24) is 34.9 Å². The Bertz CT molecular complexity index is 1570. The molecule has 0 radical (unpaired) electrons. The maximum Gasteiger partial charge on any atom is 0.338 e. The molecular weight excluding hydrogens is 498 g/mol. The fourth-order valence-corrected chi connectivity index (χ4v) is 5.14. The highest BCUT2D eigenvalue weighted by atomic mass is 35.5. The van der Waals surface area contributed by atoms with Crippen molar-refractivity contribution in [3.63, 3.8) is 0 Å². The Hall–Kier alpha value is -4.25. The molecule has 4 aromatic rings. The third-order valence-electron chi connectivity index (χ3n) is 7.25. The van der Waals surface area contributed by atoms with Gasteiger partial charge in [-0.15, -0.1) is 0 Å². The molecule has 1 aliphatic heterocycles. The highest BCUT2D eigenvalue weighted by Gasteiger charge is 2.53. The Morgan fingerprint density at radius 2 is 1.95 bits per heavy atom. The number of benzene rings is 1. The SMILES string of the molecule is CN(C(=O)c1n[nH]c2c1CN(C(=O)c1cc3c(Cl)cccc3[nH]1)CC2)C1(c2ncc(C(=O)O)cn2)CC1. The lowest BCUT2D eigenvalue weighted by molar-refractivity contribution is 0.0670. The Kier molecular flexibility index (Phi) is 5.27. The number of aromatic amines is 2. The first-order chi connectivity index (χ1) is 17.8. The molecule has 0 bridgehead atoms. The molecule has 3 N–H and O–H groups in total. The average Bonchev–Trinajstić information content (AvgIpc) is 3.41. The van der Waals surface area contributed by atoms with E-state index < -0.39 is 11.5 Å². The first-order valence-corrected chi connectivity index (χ1v) is 12.1. The number of aromatic nitrogens is 5. The third kappa shape index (κ3) is 3.73. The summed E-state index contributed by atoms with van der Waals surface area (Å²) in [6.07, 6.45) is 4.35. The second-order valence-electron chi connectivity index (χ2n) is 9.39. The summed E-state index contributed by atoms with van der Waals surface area (Å²) in [7, 11) is 1.67. The zero-order valence-electron chi connectivity index (χ0n) is 19.8. The van der Waals surface area contributed by atoms with E-state index in [-0.39, 0.29) is 29.6 Å². The highest BCUT2D eigenvalue weighted by Crippen LogP contribution is 2.49. The molecule has 12 heteroatoms. The molecule has 11 nitrogen and oxygen atoms in total.